The molecule has 0 aliphatic carbocycles. The number of phenols is 1. The van der Waals surface area contributed by atoms with Crippen LogP contribution in [0, 0.1) is 4.91 Å². The van der Waals surface area contributed by atoms with Crippen molar-refractivity contribution in [2.45, 2.75) is 6.61 Å². The number of aliphatic hydroxyl groups excluding tert-OH is 1. The molecule has 0 amide bonds. The summed E-state index contributed by atoms with van der Waals surface area (Å²) in [5, 5.41) is 20.1. The molecule has 0 fully saturated rings. The summed E-state index contributed by atoms with van der Waals surface area (Å²) in [7, 11) is 0. The molecule has 2 N–H and O–H groups in total. The lowest BCUT2D eigenvalue weighted by molar-refractivity contribution is 0.282. The van der Waals surface area contributed by atoms with Crippen molar-refractivity contribution in [3.63, 3.8) is 0 Å². The molecule has 1 aromatic rings. The summed E-state index contributed by atoms with van der Waals surface area (Å²) < 4.78 is 0. The molecule has 0 heterocycles. The fourth-order valence-electron chi connectivity index (χ4n) is 0.740. The third kappa shape index (κ3) is 1.53. The second-order valence-corrected chi connectivity index (χ2v) is 2.07. The number of aliphatic hydroxyl groups is 1. The summed E-state index contributed by atoms with van der Waals surface area (Å²) in [5.41, 5.74) is 0.508. The first kappa shape index (κ1) is 7.68. The van der Waals surface area contributed by atoms with Gasteiger partial charge in [-0.3, -0.25) is 0 Å². The van der Waals surface area contributed by atoms with Crippen molar-refractivity contribution in [1.82, 2.24) is 0 Å². The summed E-state index contributed by atoms with van der Waals surface area (Å²) in [5.74, 6) is -0.169. The average Bonchev–Trinajstić information content (AvgIpc) is 2.05. The summed E-state index contributed by atoms with van der Waals surface area (Å²) in [4.78, 5) is 10.0. The molecule has 0 aliphatic heterocycles. The third-order valence-electron chi connectivity index (χ3n) is 1.32. The van der Waals surface area contributed by atoms with Crippen molar-refractivity contribution >= 4 is 5.69 Å². The first-order valence-corrected chi connectivity index (χ1v) is 3.04. The summed E-state index contributed by atoms with van der Waals surface area (Å²) in [6.45, 7) is -0.164. The van der Waals surface area contributed by atoms with Crippen molar-refractivity contribution in [2.24, 2.45) is 5.18 Å². The Kier molecular flexibility index (Phi) is 2.18. The number of nitroso groups, excluding NO2 is 1. The van der Waals surface area contributed by atoms with Crippen LogP contribution in [-0.4, -0.2) is 10.2 Å². The highest BCUT2D eigenvalue weighted by molar-refractivity contribution is 5.52. The number of rotatable bonds is 2. The van der Waals surface area contributed by atoms with Crippen LogP contribution in [-0.2, 0) is 6.61 Å². The molecule has 0 spiro atoms. The highest BCUT2D eigenvalue weighted by Gasteiger charge is 2.00. The molecule has 4 nitrogen and oxygen atoms in total. The lowest BCUT2D eigenvalue weighted by Gasteiger charge is -1.97. The van der Waals surface area contributed by atoms with Crippen LogP contribution in [0.25, 0.3) is 0 Å². The Morgan fingerprint density at radius 1 is 1.45 bits per heavy atom. The maximum atomic E-state index is 10.0. The first-order valence-electron chi connectivity index (χ1n) is 3.04. The third-order valence-corrected chi connectivity index (χ3v) is 1.32. The molecule has 0 unspecified atom stereocenters. The number of aromatic hydroxyl groups is 1. The van der Waals surface area contributed by atoms with E-state index in [1.807, 2.05) is 0 Å². The zero-order chi connectivity index (χ0) is 8.27. The van der Waals surface area contributed by atoms with Crippen LogP contribution in [0.15, 0.2) is 23.4 Å². The number of nitrogens with zero attached hydrogens (tertiary/aromatic N) is 1. The molecule has 58 valence electrons. The topological polar surface area (TPSA) is 69.9 Å². The number of hydrogen-bond donors (Lipinski definition) is 2. The summed E-state index contributed by atoms with van der Waals surface area (Å²) in [6.07, 6.45) is 0. The van der Waals surface area contributed by atoms with Gasteiger partial charge >= 0.3 is 0 Å². The molecular weight excluding hydrogens is 146 g/mol. The van der Waals surface area contributed by atoms with Crippen LogP contribution in [0.5, 0.6) is 5.75 Å². The van der Waals surface area contributed by atoms with Gasteiger partial charge in [-0.2, -0.15) is 0 Å². The molecular formula is C7H7NO3. The van der Waals surface area contributed by atoms with Crippen LogP contribution in [0.2, 0.25) is 0 Å². The fraction of sp³-hybridized carbons (Fsp3) is 0.143. The van der Waals surface area contributed by atoms with E-state index in [4.69, 9.17) is 10.2 Å². The van der Waals surface area contributed by atoms with E-state index < -0.39 is 0 Å². The van der Waals surface area contributed by atoms with Crippen LogP contribution in [0.3, 0.4) is 0 Å². The summed E-state index contributed by atoms with van der Waals surface area (Å²) >= 11 is 0. The highest BCUT2D eigenvalue weighted by atomic mass is 16.3. The zero-order valence-electron chi connectivity index (χ0n) is 5.69. The first-order chi connectivity index (χ1) is 5.27. The SMILES string of the molecule is O=Nc1cc(CO)ccc1O. The Labute approximate surface area is 63.1 Å². The maximum absolute atomic E-state index is 10.0. The smallest absolute Gasteiger partial charge is 0.149 e. The normalized spacial score (nSPS) is 9.55. The van der Waals surface area contributed by atoms with E-state index in [9.17, 15) is 4.91 Å². The quantitative estimate of drug-likeness (QED) is 0.629. The molecule has 0 aliphatic rings. The monoisotopic (exact) mass is 153 g/mol. The molecule has 0 saturated carbocycles. The Balaban J connectivity index is 3.12. The van der Waals surface area contributed by atoms with E-state index in [1.165, 1.54) is 18.2 Å². The van der Waals surface area contributed by atoms with Gasteiger partial charge in [0.25, 0.3) is 0 Å². The minimum atomic E-state index is -0.169. The molecule has 11 heavy (non-hydrogen) atoms. The van der Waals surface area contributed by atoms with Gasteiger partial charge in [0.05, 0.1) is 6.61 Å². The van der Waals surface area contributed by atoms with Gasteiger partial charge in [-0.1, -0.05) is 6.07 Å². The van der Waals surface area contributed by atoms with Crippen LogP contribution in [0.1, 0.15) is 5.56 Å². The van der Waals surface area contributed by atoms with Crippen LogP contribution < -0.4 is 0 Å². The Morgan fingerprint density at radius 2 is 2.18 bits per heavy atom. The predicted octanol–water partition coefficient (Wildman–Crippen LogP) is 1.28. The van der Waals surface area contributed by atoms with Crippen molar-refractivity contribution < 1.29 is 10.2 Å². The van der Waals surface area contributed by atoms with Crippen molar-refractivity contribution in [3.05, 3.63) is 28.7 Å². The average molecular weight is 153 g/mol. The molecule has 0 bridgehead atoms. The minimum absolute atomic E-state index is 0.0449. The van der Waals surface area contributed by atoms with Crippen LogP contribution >= 0.6 is 0 Å². The van der Waals surface area contributed by atoms with E-state index in [-0.39, 0.29) is 18.0 Å². The van der Waals surface area contributed by atoms with E-state index in [0.29, 0.717) is 5.56 Å². The summed E-state index contributed by atoms with van der Waals surface area (Å²) in [6, 6.07) is 4.18. The Bertz CT molecular complexity index is 272. The lowest BCUT2D eigenvalue weighted by Crippen LogP contribution is -1.80. The van der Waals surface area contributed by atoms with Gasteiger partial charge in [-0.05, 0) is 22.9 Å². The van der Waals surface area contributed by atoms with Crippen molar-refractivity contribution in [1.29, 1.82) is 0 Å². The molecule has 0 aromatic heterocycles. The van der Waals surface area contributed by atoms with Gasteiger partial charge in [0, 0.05) is 0 Å². The van der Waals surface area contributed by atoms with Gasteiger partial charge in [0.1, 0.15) is 11.4 Å². The highest BCUT2D eigenvalue weighted by Crippen LogP contribution is 2.26. The van der Waals surface area contributed by atoms with Gasteiger partial charge < -0.3 is 10.2 Å². The van der Waals surface area contributed by atoms with Gasteiger partial charge in [0.2, 0.25) is 0 Å². The number of phenolic OH excluding ortho intramolecular Hbond substituents is 1. The Hall–Kier alpha value is -1.42. The van der Waals surface area contributed by atoms with E-state index in [2.05, 4.69) is 5.18 Å². The van der Waals surface area contributed by atoms with E-state index >= 15 is 0 Å². The predicted molar refractivity (Wildman–Crippen MR) is 39.5 cm³/mol. The standard InChI is InChI=1S/C7H7NO3/c9-4-5-1-2-7(10)6(3-5)8-11/h1-3,9-10H,4H2. The fourth-order valence-corrected chi connectivity index (χ4v) is 0.740. The molecule has 1 aromatic carbocycles. The second-order valence-electron chi connectivity index (χ2n) is 2.07. The van der Waals surface area contributed by atoms with Crippen molar-refractivity contribution in [2.75, 3.05) is 0 Å². The van der Waals surface area contributed by atoms with E-state index in [0.717, 1.165) is 0 Å². The molecule has 0 saturated heterocycles. The zero-order valence-corrected chi connectivity index (χ0v) is 5.69. The van der Waals surface area contributed by atoms with Gasteiger partial charge in [-0.15, -0.1) is 4.91 Å². The van der Waals surface area contributed by atoms with Gasteiger partial charge in [0.15, 0.2) is 0 Å². The van der Waals surface area contributed by atoms with Gasteiger partial charge in [-0.25, -0.2) is 0 Å². The van der Waals surface area contributed by atoms with Crippen molar-refractivity contribution in [3.8, 4) is 5.75 Å². The molecule has 0 atom stereocenters. The second kappa shape index (κ2) is 3.12. The van der Waals surface area contributed by atoms with Crippen LogP contribution in [0.4, 0.5) is 5.69 Å². The molecule has 1 rings (SSSR count). The number of hydrogen-bond acceptors (Lipinski definition) is 4. The molecule has 0 radical (unpaired) electrons. The minimum Gasteiger partial charge on any atom is -0.506 e. The largest absolute Gasteiger partial charge is 0.506 e. The maximum Gasteiger partial charge on any atom is 0.149 e. The Morgan fingerprint density at radius 3 is 2.73 bits per heavy atom. The lowest BCUT2D eigenvalue weighted by atomic mass is 10.2. The number of benzene rings is 1. The van der Waals surface area contributed by atoms with E-state index in [1.54, 1.807) is 0 Å². The molecule has 4 heteroatoms.